The number of carbonyl (C=O) groups excluding carboxylic acids is 2. The summed E-state index contributed by atoms with van der Waals surface area (Å²) in [6.45, 7) is 12.3. The smallest absolute Gasteiger partial charge is 0.317 e. The molecule has 0 radical (unpaired) electrons. The van der Waals surface area contributed by atoms with Crippen LogP contribution in [0.4, 0.5) is 10.5 Å². The highest BCUT2D eigenvalue weighted by molar-refractivity contribution is 6.02. The van der Waals surface area contributed by atoms with Gasteiger partial charge in [0, 0.05) is 43.6 Å². The Hall–Kier alpha value is -2.58. The van der Waals surface area contributed by atoms with Crippen LogP contribution in [-0.4, -0.2) is 70.0 Å². The maximum atomic E-state index is 12.3. The molecule has 1 saturated heterocycles. The van der Waals surface area contributed by atoms with Gasteiger partial charge in [-0.05, 0) is 76.6 Å². The molecule has 35 heavy (non-hydrogen) atoms. The standard InChI is InChI=1S/C26H40N6O2.ClH/c1-5-11-32(17-21-9-12-31(13-10-21)26(34)29-19(2)3)20(4)14-22-7-6-8-23(15-22)30-25(33)24-16-27-18-28-24;/h6-8,15-16,18-21H,5,9-14,17H2,1-4H3,(H,27,28)(H,29,34)(H,30,33);1H. The first-order chi connectivity index (χ1) is 16.4. The van der Waals surface area contributed by atoms with Gasteiger partial charge in [0.05, 0.1) is 6.33 Å². The molecular formula is C26H41ClN6O2. The summed E-state index contributed by atoms with van der Waals surface area (Å²) in [6.07, 6.45) is 7.21. The Morgan fingerprint density at radius 2 is 1.97 bits per heavy atom. The summed E-state index contributed by atoms with van der Waals surface area (Å²) >= 11 is 0. The number of nitrogens with zero attached hydrogens (tertiary/aromatic N) is 3. The number of hydrogen-bond donors (Lipinski definition) is 3. The zero-order valence-corrected chi connectivity index (χ0v) is 22.2. The van der Waals surface area contributed by atoms with Crippen LogP contribution in [0.2, 0.25) is 0 Å². The van der Waals surface area contributed by atoms with Crippen LogP contribution in [0.15, 0.2) is 36.8 Å². The summed E-state index contributed by atoms with van der Waals surface area (Å²) in [4.78, 5) is 36.0. The molecule has 0 saturated carbocycles. The molecule has 0 aliphatic carbocycles. The number of anilines is 1. The van der Waals surface area contributed by atoms with E-state index in [0.717, 1.165) is 57.5 Å². The predicted octanol–water partition coefficient (Wildman–Crippen LogP) is 4.56. The largest absolute Gasteiger partial charge is 0.350 e. The van der Waals surface area contributed by atoms with Crippen molar-refractivity contribution in [1.82, 2.24) is 25.1 Å². The van der Waals surface area contributed by atoms with Crippen molar-refractivity contribution >= 4 is 30.0 Å². The van der Waals surface area contributed by atoms with Gasteiger partial charge in [0.1, 0.15) is 5.69 Å². The van der Waals surface area contributed by atoms with Gasteiger partial charge in [-0.1, -0.05) is 19.1 Å². The normalized spacial score (nSPS) is 15.1. The quantitative estimate of drug-likeness (QED) is 0.442. The van der Waals surface area contributed by atoms with E-state index in [4.69, 9.17) is 0 Å². The highest BCUT2D eigenvalue weighted by Crippen LogP contribution is 2.22. The van der Waals surface area contributed by atoms with E-state index in [-0.39, 0.29) is 30.4 Å². The molecule has 0 bridgehead atoms. The minimum absolute atomic E-state index is 0. The summed E-state index contributed by atoms with van der Waals surface area (Å²) in [6, 6.07) is 8.69. The van der Waals surface area contributed by atoms with Crippen molar-refractivity contribution in [2.45, 2.75) is 65.5 Å². The molecule has 9 heteroatoms. The number of carbonyl (C=O) groups is 2. The zero-order chi connectivity index (χ0) is 24.5. The number of hydrogen-bond acceptors (Lipinski definition) is 4. The second-order valence-corrected chi connectivity index (χ2v) is 9.69. The van der Waals surface area contributed by atoms with Crippen LogP contribution in [-0.2, 0) is 6.42 Å². The van der Waals surface area contributed by atoms with Crippen LogP contribution in [0.5, 0.6) is 0 Å². The molecule has 194 valence electrons. The van der Waals surface area contributed by atoms with Gasteiger partial charge in [-0.25, -0.2) is 9.78 Å². The molecule has 1 atom stereocenters. The number of H-pyrrole nitrogens is 1. The maximum absolute atomic E-state index is 12.3. The number of aromatic nitrogens is 2. The molecule has 1 aromatic carbocycles. The number of imidazole rings is 1. The van der Waals surface area contributed by atoms with E-state index in [2.05, 4.69) is 51.5 Å². The van der Waals surface area contributed by atoms with Crippen LogP contribution in [0.25, 0.3) is 0 Å². The third kappa shape index (κ3) is 8.85. The predicted molar refractivity (Wildman–Crippen MR) is 143 cm³/mol. The Kier molecular flexibility index (Phi) is 11.5. The topological polar surface area (TPSA) is 93.4 Å². The molecule has 1 aliphatic heterocycles. The van der Waals surface area contributed by atoms with Crippen molar-refractivity contribution in [2.75, 3.05) is 31.5 Å². The van der Waals surface area contributed by atoms with E-state index in [1.807, 2.05) is 30.9 Å². The minimum atomic E-state index is -0.215. The average molecular weight is 505 g/mol. The summed E-state index contributed by atoms with van der Waals surface area (Å²) in [7, 11) is 0. The molecular weight excluding hydrogens is 464 g/mol. The fraction of sp³-hybridized carbons (Fsp3) is 0.577. The minimum Gasteiger partial charge on any atom is -0.350 e. The molecule has 1 fully saturated rings. The van der Waals surface area contributed by atoms with Crippen LogP contribution in [0.3, 0.4) is 0 Å². The lowest BCUT2D eigenvalue weighted by molar-refractivity contribution is 0.102. The van der Waals surface area contributed by atoms with E-state index in [9.17, 15) is 9.59 Å². The third-order valence-corrected chi connectivity index (χ3v) is 6.39. The third-order valence-electron chi connectivity index (χ3n) is 6.39. The second-order valence-electron chi connectivity index (χ2n) is 9.69. The molecule has 2 aromatic rings. The molecule has 3 amide bonds. The van der Waals surface area contributed by atoms with E-state index < -0.39 is 0 Å². The van der Waals surface area contributed by atoms with Gasteiger partial charge in [0.2, 0.25) is 0 Å². The first-order valence-corrected chi connectivity index (χ1v) is 12.5. The summed E-state index contributed by atoms with van der Waals surface area (Å²) in [5.41, 5.74) is 2.36. The first kappa shape index (κ1) is 28.7. The van der Waals surface area contributed by atoms with Crippen molar-refractivity contribution in [3.05, 3.63) is 48.0 Å². The number of rotatable bonds is 10. The number of nitrogens with one attached hydrogen (secondary N) is 3. The van der Waals surface area contributed by atoms with E-state index in [0.29, 0.717) is 17.7 Å². The zero-order valence-electron chi connectivity index (χ0n) is 21.4. The fourth-order valence-corrected chi connectivity index (χ4v) is 4.59. The van der Waals surface area contributed by atoms with Crippen LogP contribution in [0, 0.1) is 5.92 Å². The van der Waals surface area contributed by atoms with Gasteiger partial charge in [0.25, 0.3) is 5.91 Å². The molecule has 1 aromatic heterocycles. The first-order valence-electron chi connectivity index (χ1n) is 12.5. The monoisotopic (exact) mass is 504 g/mol. The molecule has 8 nitrogen and oxygen atoms in total. The number of halogens is 1. The Labute approximate surface area is 215 Å². The number of benzene rings is 1. The molecule has 3 rings (SSSR count). The van der Waals surface area contributed by atoms with Crippen LogP contribution in [0.1, 0.15) is 63.0 Å². The van der Waals surface area contributed by atoms with Gasteiger partial charge in [-0.15, -0.1) is 12.4 Å². The molecule has 1 aliphatic rings. The molecule has 2 heterocycles. The van der Waals surface area contributed by atoms with E-state index in [1.165, 1.54) is 11.9 Å². The van der Waals surface area contributed by atoms with Crippen LogP contribution < -0.4 is 10.6 Å². The van der Waals surface area contributed by atoms with Gasteiger partial charge >= 0.3 is 6.03 Å². The van der Waals surface area contributed by atoms with Crippen molar-refractivity contribution < 1.29 is 9.59 Å². The van der Waals surface area contributed by atoms with E-state index in [1.54, 1.807) is 6.20 Å². The van der Waals surface area contributed by atoms with E-state index >= 15 is 0 Å². The fourth-order valence-electron chi connectivity index (χ4n) is 4.59. The lowest BCUT2D eigenvalue weighted by Crippen LogP contribution is -2.48. The van der Waals surface area contributed by atoms with Gasteiger partial charge in [-0.3, -0.25) is 4.79 Å². The summed E-state index contributed by atoms with van der Waals surface area (Å²) in [5, 5.41) is 5.93. The highest BCUT2D eigenvalue weighted by atomic mass is 35.5. The van der Waals surface area contributed by atoms with Crippen molar-refractivity contribution in [3.63, 3.8) is 0 Å². The molecule has 1 unspecified atom stereocenters. The van der Waals surface area contributed by atoms with Crippen molar-refractivity contribution in [1.29, 1.82) is 0 Å². The second kappa shape index (κ2) is 14.1. The number of amides is 3. The molecule has 3 N–H and O–H groups in total. The lowest BCUT2D eigenvalue weighted by atomic mass is 9.95. The number of likely N-dealkylation sites (tertiary alicyclic amines) is 1. The Morgan fingerprint density at radius 1 is 1.23 bits per heavy atom. The van der Waals surface area contributed by atoms with Crippen molar-refractivity contribution in [3.8, 4) is 0 Å². The number of piperidine rings is 1. The highest BCUT2D eigenvalue weighted by Gasteiger charge is 2.26. The SMILES string of the molecule is CCCN(CC1CCN(C(=O)NC(C)C)CC1)C(C)Cc1cccc(NC(=O)c2c[nH]cn2)c1.Cl. The maximum Gasteiger partial charge on any atom is 0.317 e. The lowest BCUT2D eigenvalue weighted by Gasteiger charge is -2.37. The summed E-state index contributed by atoms with van der Waals surface area (Å²) in [5.74, 6) is 0.393. The Morgan fingerprint density at radius 3 is 2.60 bits per heavy atom. The Balaban J connectivity index is 0.00000432. The number of urea groups is 1. The van der Waals surface area contributed by atoms with Gasteiger partial charge < -0.3 is 25.4 Å². The average Bonchev–Trinajstić information content (AvgIpc) is 3.34. The summed E-state index contributed by atoms with van der Waals surface area (Å²) < 4.78 is 0. The Bertz CT molecular complexity index is 912. The van der Waals surface area contributed by atoms with Crippen LogP contribution >= 0.6 is 12.4 Å². The van der Waals surface area contributed by atoms with Crippen molar-refractivity contribution in [2.24, 2.45) is 5.92 Å². The molecule has 0 spiro atoms. The van der Waals surface area contributed by atoms with Gasteiger partial charge in [-0.2, -0.15) is 0 Å². The van der Waals surface area contributed by atoms with Gasteiger partial charge in [0.15, 0.2) is 0 Å². The number of aromatic amines is 1.